The molecule has 6 nitrogen and oxygen atoms in total. The van der Waals surface area contributed by atoms with Crippen molar-refractivity contribution in [1.82, 2.24) is 4.98 Å². The Hall–Kier alpha value is -2.34. The normalized spacial score (nSPS) is 10.1. The fourth-order valence-electron chi connectivity index (χ4n) is 1.27. The lowest BCUT2D eigenvalue weighted by Crippen LogP contribution is -2.24. The molecule has 2 rings (SSSR count). The Morgan fingerprint density at radius 3 is 2.56 bits per heavy atom. The third-order valence-corrected chi connectivity index (χ3v) is 2.30. The van der Waals surface area contributed by atoms with E-state index in [1.165, 1.54) is 6.26 Å². The van der Waals surface area contributed by atoms with Gasteiger partial charge in [-0.05, 0) is 24.3 Å². The van der Waals surface area contributed by atoms with Crippen LogP contribution < -0.4 is 11.5 Å². The Morgan fingerprint density at radius 1 is 1.28 bits per heavy atom. The first-order valence-corrected chi connectivity index (χ1v) is 5.29. The highest BCUT2D eigenvalue weighted by molar-refractivity contribution is 6.30. The minimum atomic E-state index is -0.654. The first-order chi connectivity index (χ1) is 8.56. The number of aromatic nitrogens is 1. The van der Waals surface area contributed by atoms with Crippen molar-refractivity contribution in [3.8, 4) is 11.5 Å². The molecule has 1 aromatic carbocycles. The number of halogens is 1. The first kappa shape index (κ1) is 12.1. The molecule has 92 valence electrons. The van der Waals surface area contributed by atoms with Gasteiger partial charge >= 0.3 is 5.91 Å². The number of nitrogens with zero attached hydrogens (tertiary/aromatic N) is 2. The Balaban J connectivity index is 2.28. The van der Waals surface area contributed by atoms with E-state index in [1.54, 1.807) is 24.3 Å². The van der Waals surface area contributed by atoms with Crippen molar-refractivity contribution >= 4 is 23.5 Å². The number of aliphatic imine (C=N–C) groups is 1. The molecule has 18 heavy (non-hydrogen) atoms. The molecule has 1 heterocycles. The molecular formula is C11H9ClN4O2. The van der Waals surface area contributed by atoms with Gasteiger partial charge < -0.3 is 15.9 Å². The number of nitrogens with two attached hydrogens (primary N) is 2. The van der Waals surface area contributed by atoms with Gasteiger partial charge in [-0.25, -0.2) is 4.98 Å². The van der Waals surface area contributed by atoms with Crippen LogP contribution in [0, 0.1) is 0 Å². The Morgan fingerprint density at radius 2 is 1.94 bits per heavy atom. The molecule has 1 aromatic heterocycles. The second-order valence-electron chi connectivity index (χ2n) is 3.39. The topological polar surface area (TPSA) is 108 Å². The highest BCUT2D eigenvalue weighted by atomic mass is 35.5. The van der Waals surface area contributed by atoms with E-state index in [9.17, 15) is 4.79 Å². The van der Waals surface area contributed by atoms with Crippen LogP contribution in [0.15, 0.2) is 39.9 Å². The van der Waals surface area contributed by atoms with Gasteiger partial charge in [-0.1, -0.05) is 11.6 Å². The third-order valence-electron chi connectivity index (χ3n) is 2.05. The van der Waals surface area contributed by atoms with Gasteiger partial charge in [0.1, 0.15) is 6.26 Å². The van der Waals surface area contributed by atoms with Gasteiger partial charge in [-0.2, -0.15) is 4.99 Å². The lowest BCUT2D eigenvalue weighted by atomic mass is 10.2. The molecule has 2 aromatic rings. The fourth-order valence-corrected chi connectivity index (χ4v) is 1.40. The molecule has 7 heteroatoms. The first-order valence-electron chi connectivity index (χ1n) is 4.91. The van der Waals surface area contributed by atoms with E-state index in [0.717, 1.165) is 0 Å². The molecule has 0 bridgehead atoms. The van der Waals surface area contributed by atoms with Gasteiger partial charge in [-0.15, -0.1) is 0 Å². The monoisotopic (exact) mass is 264 g/mol. The van der Waals surface area contributed by atoms with E-state index in [0.29, 0.717) is 16.5 Å². The predicted molar refractivity (Wildman–Crippen MR) is 67.1 cm³/mol. The number of guanidine groups is 1. The smallest absolute Gasteiger partial charge is 0.302 e. The van der Waals surface area contributed by atoms with E-state index in [-0.39, 0.29) is 11.7 Å². The maximum absolute atomic E-state index is 11.5. The van der Waals surface area contributed by atoms with Gasteiger partial charge in [0.15, 0.2) is 11.7 Å². The molecule has 0 atom stereocenters. The van der Waals surface area contributed by atoms with E-state index in [4.69, 9.17) is 27.5 Å². The lowest BCUT2D eigenvalue weighted by molar-refractivity contribution is 0.0998. The number of rotatable bonds is 2. The molecule has 4 N–H and O–H groups in total. The SMILES string of the molecule is NC(N)=NC(=O)c1coc(-c2ccc(Cl)cc2)n1. The summed E-state index contributed by atoms with van der Waals surface area (Å²) in [6, 6.07) is 6.84. The number of amides is 1. The summed E-state index contributed by atoms with van der Waals surface area (Å²) >= 11 is 5.76. The van der Waals surface area contributed by atoms with Crippen molar-refractivity contribution in [3.63, 3.8) is 0 Å². The summed E-state index contributed by atoms with van der Waals surface area (Å²) < 4.78 is 5.17. The zero-order chi connectivity index (χ0) is 13.1. The summed E-state index contributed by atoms with van der Waals surface area (Å²) in [6.45, 7) is 0. The highest BCUT2D eigenvalue weighted by Gasteiger charge is 2.12. The van der Waals surface area contributed by atoms with Gasteiger partial charge in [0.25, 0.3) is 0 Å². The Labute approximate surface area is 107 Å². The third kappa shape index (κ3) is 2.67. The second kappa shape index (κ2) is 4.89. The fraction of sp³-hybridized carbons (Fsp3) is 0. The standard InChI is InChI=1S/C11H9ClN4O2/c12-7-3-1-6(2-4-7)10-15-8(5-18-10)9(17)16-11(13)14/h1-5H,(H4,13,14,16,17). The van der Waals surface area contributed by atoms with Crippen molar-refractivity contribution in [2.75, 3.05) is 0 Å². The molecule has 0 saturated heterocycles. The maximum Gasteiger partial charge on any atom is 0.302 e. The molecule has 0 radical (unpaired) electrons. The second-order valence-corrected chi connectivity index (χ2v) is 3.82. The van der Waals surface area contributed by atoms with Crippen LogP contribution in [-0.4, -0.2) is 16.9 Å². The summed E-state index contributed by atoms with van der Waals surface area (Å²) in [5.74, 6) is -0.684. The Bertz CT molecular complexity index is 600. The minimum Gasteiger partial charge on any atom is -0.444 e. The van der Waals surface area contributed by atoms with Crippen LogP contribution in [-0.2, 0) is 0 Å². The van der Waals surface area contributed by atoms with E-state index in [2.05, 4.69) is 9.98 Å². The maximum atomic E-state index is 11.5. The van der Waals surface area contributed by atoms with Crippen molar-refractivity contribution in [3.05, 3.63) is 41.2 Å². The van der Waals surface area contributed by atoms with E-state index < -0.39 is 5.91 Å². The summed E-state index contributed by atoms with van der Waals surface area (Å²) in [6.07, 6.45) is 1.19. The molecule has 0 unspecified atom stereocenters. The van der Waals surface area contributed by atoms with Gasteiger partial charge in [0, 0.05) is 10.6 Å². The van der Waals surface area contributed by atoms with Crippen LogP contribution in [0.25, 0.3) is 11.5 Å². The van der Waals surface area contributed by atoms with Crippen molar-refractivity contribution < 1.29 is 9.21 Å². The molecule has 0 aliphatic rings. The molecule has 0 aliphatic heterocycles. The minimum absolute atomic E-state index is 0.0355. The van der Waals surface area contributed by atoms with Crippen LogP contribution in [0.4, 0.5) is 0 Å². The summed E-state index contributed by atoms with van der Waals surface area (Å²) in [5.41, 5.74) is 10.9. The zero-order valence-electron chi connectivity index (χ0n) is 9.13. The van der Waals surface area contributed by atoms with Gasteiger partial charge in [0.2, 0.25) is 5.89 Å². The molecule has 0 aliphatic carbocycles. The van der Waals surface area contributed by atoms with Crippen molar-refractivity contribution in [2.45, 2.75) is 0 Å². The van der Waals surface area contributed by atoms with Crippen molar-refractivity contribution in [2.24, 2.45) is 16.5 Å². The van der Waals surface area contributed by atoms with Crippen LogP contribution in [0.5, 0.6) is 0 Å². The average Bonchev–Trinajstić information content (AvgIpc) is 2.78. The van der Waals surface area contributed by atoms with Gasteiger partial charge in [-0.3, -0.25) is 4.79 Å². The highest BCUT2D eigenvalue weighted by Crippen LogP contribution is 2.21. The summed E-state index contributed by atoms with van der Waals surface area (Å²) in [5, 5.41) is 0.599. The summed E-state index contributed by atoms with van der Waals surface area (Å²) in [7, 11) is 0. The number of carbonyl (C=O) groups is 1. The molecule has 0 saturated carbocycles. The largest absolute Gasteiger partial charge is 0.444 e. The van der Waals surface area contributed by atoms with Gasteiger partial charge in [0.05, 0.1) is 0 Å². The van der Waals surface area contributed by atoms with Crippen LogP contribution >= 0.6 is 11.6 Å². The molecule has 0 spiro atoms. The number of hydrogen-bond donors (Lipinski definition) is 2. The molecule has 0 fully saturated rings. The molecular weight excluding hydrogens is 256 g/mol. The van der Waals surface area contributed by atoms with Crippen LogP contribution in [0.2, 0.25) is 5.02 Å². The predicted octanol–water partition coefficient (Wildman–Crippen LogP) is 1.41. The number of hydrogen-bond acceptors (Lipinski definition) is 3. The lowest BCUT2D eigenvalue weighted by Gasteiger charge is -1.94. The van der Waals surface area contributed by atoms with Crippen LogP contribution in [0.3, 0.4) is 0 Å². The van der Waals surface area contributed by atoms with E-state index >= 15 is 0 Å². The zero-order valence-corrected chi connectivity index (χ0v) is 9.89. The number of benzene rings is 1. The quantitative estimate of drug-likeness (QED) is 0.630. The van der Waals surface area contributed by atoms with Crippen LogP contribution in [0.1, 0.15) is 10.5 Å². The van der Waals surface area contributed by atoms with Crippen molar-refractivity contribution in [1.29, 1.82) is 0 Å². The average molecular weight is 265 g/mol. The molecule has 1 amide bonds. The number of carbonyl (C=O) groups excluding carboxylic acids is 1. The number of oxazole rings is 1. The van der Waals surface area contributed by atoms with E-state index in [1.807, 2.05) is 0 Å². The Kier molecular flexibility index (Phi) is 3.29. The summed E-state index contributed by atoms with van der Waals surface area (Å²) in [4.78, 5) is 18.8.